The van der Waals surface area contributed by atoms with E-state index < -0.39 is 0 Å². The van der Waals surface area contributed by atoms with Crippen LogP contribution < -0.4 is 21.0 Å². The van der Waals surface area contributed by atoms with Crippen molar-refractivity contribution in [2.45, 2.75) is 12.1 Å². The quantitative estimate of drug-likeness (QED) is 0.408. The summed E-state index contributed by atoms with van der Waals surface area (Å²) in [5.41, 5.74) is 5.24. The van der Waals surface area contributed by atoms with Gasteiger partial charge in [0.2, 0.25) is 0 Å². The Kier molecular flexibility index (Phi) is 5.39. The van der Waals surface area contributed by atoms with Crippen LogP contribution in [0, 0.1) is 12.7 Å². The molecule has 5 rings (SSSR count). The standard InChI is InChI=1S/C23H17FN4O3S2/c1-12-18-21(33-19(12)20(29)25-15-5-3-4-6-17(15)31-2)26-23-28(22(18)30)27-16(11-32-23)13-7-9-14(24)10-8-13/h3-11,27H,1-2H3,(H,25,29). The molecule has 1 aliphatic heterocycles. The van der Waals surface area contributed by atoms with Gasteiger partial charge in [0, 0.05) is 11.0 Å². The molecule has 2 aromatic carbocycles. The fourth-order valence-electron chi connectivity index (χ4n) is 3.51. The first-order chi connectivity index (χ1) is 16.0. The predicted octanol–water partition coefficient (Wildman–Crippen LogP) is 4.81. The minimum Gasteiger partial charge on any atom is -0.495 e. The van der Waals surface area contributed by atoms with Crippen LogP contribution in [0.4, 0.5) is 10.1 Å². The second-order valence-corrected chi connectivity index (χ2v) is 9.03. The number of rotatable bonds is 4. The molecule has 0 radical (unpaired) electrons. The Morgan fingerprint density at radius 2 is 1.94 bits per heavy atom. The Hall–Kier alpha value is -3.63. The number of fused-ring (bicyclic) bond motifs is 2. The number of aromatic nitrogens is 2. The molecule has 0 atom stereocenters. The Bertz CT molecular complexity index is 1490. The van der Waals surface area contributed by atoms with Crippen molar-refractivity contribution in [3.05, 3.63) is 86.1 Å². The third kappa shape index (κ3) is 3.77. The van der Waals surface area contributed by atoms with Crippen LogP contribution in [0.1, 0.15) is 20.8 Å². The Labute approximate surface area is 195 Å². The zero-order valence-electron chi connectivity index (χ0n) is 17.5. The van der Waals surface area contributed by atoms with Crippen molar-refractivity contribution in [2.75, 3.05) is 17.9 Å². The average molecular weight is 481 g/mol. The Balaban J connectivity index is 1.51. The lowest BCUT2D eigenvalue weighted by atomic mass is 10.2. The fourth-order valence-corrected chi connectivity index (χ4v) is 5.42. The number of nitrogens with one attached hydrogen (secondary N) is 2. The third-order valence-corrected chi connectivity index (χ3v) is 7.19. The molecule has 0 saturated carbocycles. The number of aryl methyl sites for hydroxylation is 1. The van der Waals surface area contributed by atoms with Crippen molar-refractivity contribution < 1.29 is 13.9 Å². The van der Waals surface area contributed by atoms with Crippen LogP contribution in [0.15, 0.2) is 63.9 Å². The van der Waals surface area contributed by atoms with Gasteiger partial charge in [0.05, 0.1) is 28.8 Å². The second kappa shape index (κ2) is 8.38. The van der Waals surface area contributed by atoms with E-state index >= 15 is 0 Å². The van der Waals surface area contributed by atoms with Gasteiger partial charge in [-0.3, -0.25) is 15.0 Å². The van der Waals surface area contributed by atoms with Crippen molar-refractivity contribution in [3.63, 3.8) is 0 Å². The highest BCUT2D eigenvalue weighted by atomic mass is 32.2. The van der Waals surface area contributed by atoms with E-state index in [1.807, 2.05) is 11.5 Å². The molecule has 0 fully saturated rings. The van der Waals surface area contributed by atoms with Gasteiger partial charge in [-0.05, 0) is 48.9 Å². The number of para-hydroxylation sites is 2. The summed E-state index contributed by atoms with van der Waals surface area (Å²) in [6.07, 6.45) is 0. The molecule has 33 heavy (non-hydrogen) atoms. The van der Waals surface area contributed by atoms with Crippen molar-refractivity contribution >= 4 is 50.6 Å². The van der Waals surface area contributed by atoms with E-state index in [-0.39, 0.29) is 17.3 Å². The van der Waals surface area contributed by atoms with Gasteiger partial charge in [0.1, 0.15) is 16.4 Å². The number of hydrogen-bond donors (Lipinski definition) is 2. The molecule has 10 heteroatoms. The molecule has 0 bridgehead atoms. The van der Waals surface area contributed by atoms with E-state index in [1.165, 1.54) is 47.0 Å². The number of ether oxygens (including phenoxy) is 1. The highest BCUT2D eigenvalue weighted by Crippen LogP contribution is 2.33. The Morgan fingerprint density at radius 1 is 1.18 bits per heavy atom. The number of carbonyl (C=O) groups is 1. The number of halogens is 1. The number of amides is 1. The Morgan fingerprint density at radius 3 is 2.70 bits per heavy atom. The summed E-state index contributed by atoms with van der Waals surface area (Å²) >= 11 is 2.45. The summed E-state index contributed by atoms with van der Waals surface area (Å²) in [6.45, 7) is 1.73. The molecule has 1 amide bonds. The summed E-state index contributed by atoms with van der Waals surface area (Å²) in [7, 11) is 1.53. The SMILES string of the molecule is COc1ccccc1NC(=O)c1sc2nc3n(c(=O)c2c1C)NC(c1ccc(F)cc1)=CS3. The fraction of sp³-hybridized carbons (Fsp3) is 0.0870. The summed E-state index contributed by atoms with van der Waals surface area (Å²) in [4.78, 5) is 31.8. The molecule has 4 aromatic rings. The first kappa shape index (κ1) is 21.2. The van der Waals surface area contributed by atoms with Gasteiger partial charge in [-0.2, -0.15) is 4.68 Å². The molecule has 2 aromatic heterocycles. The van der Waals surface area contributed by atoms with Gasteiger partial charge >= 0.3 is 0 Å². The van der Waals surface area contributed by atoms with Crippen molar-refractivity contribution in [3.8, 4) is 5.75 Å². The van der Waals surface area contributed by atoms with Crippen LogP contribution in [-0.4, -0.2) is 22.7 Å². The number of anilines is 1. The highest BCUT2D eigenvalue weighted by molar-refractivity contribution is 8.02. The molecule has 0 spiro atoms. The van der Waals surface area contributed by atoms with Gasteiger partial charge in [-0.25, -0.2) is 9.37 Å². The number of hydrogen-bond acceptors (Lipinski definition) is 7. The van der Waals surface area contributed by atoms with Gasteiger partial charge in [-0.1, -0.05) is 23.9 Å². The van der Waals surface area contributed by atoms with Gasteiger partial charge in [0.25, 0.3) is 11.5 Å². The van der Waals surface area contributed by atoms with Crippen LogP contribution in [0.3, 0.4) is 0 Å². The van der Waals surface area contributed by atoms with Crippen LogP contribution in [0.5, 0.6) is 5.75 Å². The average Bonchev–Trinajstić information content (AvgIpc) is 3.16. The molecule has 0 aliphatic carbocycles. The maximum atomic E-state index is 13.3. The van der Waals surface area contributed by atoms with Crippen LogP contribution in [-0.2, 0) is 0 Å². The summed E-state index contributed by atoms with van der Waals surface area (Å²) in [5.74, 6) is -0.136. The van der Waals surface area contributed by atoms with Gasteiger partial charge < -0.3 is 10.1 Å². The zero-order chi connectivity index (χ0) is 23.1. The van der Waals surface area contributed by atoms with Crippen molar-refractivity contribution in [1.82, 2.24) is 9.66 Å². The van der Waals surface area contributed by atoms with E-state index in [4.69, 9.17) is 4.74 Å². The maximum absolute atomic E-state index is 13.3. The molecular weight excluding hydrogens is 463 g/mol. The lowest BCUT2D eigenvalue weighted by molar-refractivity contribution is 0.102. The molecule has 0 saturated heterocycles. The van der Waals surface area contributed by atoms with E-state index in [0.717, 1.165) is 5.56 Å². The molecule has 166 valence electrons. The number of nitrogens with zero attached hydrogens (tertiary/aromatic N) is 2. The predicted molar refractivity (Wildman–Crippen MR) is 129 cm³/mol. The molecule has 3 heterocycles. The van der Waals surface area contributed by atoms with Crippen molar-refractivity contribution in [1.29, 1.82) is 0 Å². The minimum atomic E-state index is -0.340. The normalized spacial score (nSPS) is 12.6. The number of carbonyl (C=O) groups excluding carboxylic acids is 1. The van der Waals surface area contributed by atoms with Crippen LogP contribution in [0.25, 0.3) is 15.9 Å². The minimum absolute atomic E-state index is 0.305. The van der Waals surface area contributed by atoms with Gasteiger partial charge in [-0.15, -0.1) is 11.3 Å². The first-order valence-electron chi connectivity index (χ1n) is 9.86. The van der Waals surface area contributed by atoms with E-state index in [0.29, 0.717) is 42.9 Å². The number of thioether (sulfide) groups is 1. The van der Waals surface area contributed by atoms with Crippen LogP contribution >= 0.6 is 23.1 Å². The van der Waals surface area contributed by atoms with Crippen molar-refractivity contribution in [2.24, 2.45) is 0 Å². The lowest BCUT2D eigenvalue weighted by Gasteiger charge is -2.20. The van der Waals surface area contributed by atoms with E-state index in [9.17, 15) is 14.0 Å². The molecule has 7 nitrogen and oxygen atoms in total. The smallest absolute Gasteiger partial charge is 0.282 e. The summed E-state index contributed by atoms with van der Waals surface area (Å²) in [6, 6.07) is 13.1. The largest absolute Gasteiger partial charge is 0.495 e. The molecular formula is C23H17FN4O3S2. The summed E-state index contributed by atoms with van der Waals surface area (Å²) < 4.78 is 19.9. The van der Waals surface area contributed by atoms with E-state index in [1.54, 1.807) is 37.3 Å². The summed E-state index contributed by atoms with van der Waals surface area (Å²) in [5, 5.41) is 5.50. The molecule has 0 unspecified atom stereocenters. The van der Waals surface area contributed by atoms with Gasteiger partial charge in [0.15, 0.2) is 5.16 Å². The number of methoxy groups -OCH3 is 1. The topological polar surface area (TPSA) is 85.2 Å². The zero-order valence-corrected chi connectivity index (χ0v) is 19.1. The second-order valence-electron chi connectivity index (χ2n) is 7.19. The number of benzene rings is 2. The first-order valence-corrected chi connectivity index (χ1v) is 11.6. The molecule has 2 N–H and O–H groups in total. The monoisotopic (exact) mass is 480 g/mol. The maximum Gasteiger partial charge on any atom is 0.282 e. The molecule has 1 aliphatic rings. The van der Waals surface area contributed by atoms with E-state index in [2.05, 4.69) is 15.7 Å². The van der Waals surface area contributed by atoms with Crippen LogP contribution in [0.2, 0.25) is 0 Å². The lowest BCUT2D eigenvalue weighted by Crippen LogP contribution is -2.32. The highest BCUT2D eigenvalue weighted by Gasteiger charge is 2.24. The number of thiophene rings is 1. The third-order valence-electron chi connectivity index (χ3n) is 5.16.